The minimum Gasteiger partial charge on any atom is -0.505 e. The number of hydrogen-bond acceptors (Lipinski definition) is 4. The molecule has 1 aromatic heterocycles. The Kier molecular flexibility index (Phi) is 8.17. The number of aryl methyl sites for hydroxylation is 1. The molecular formula is C24H27N3O5. The third kappa shape index (κ3) is 6.46. The van der Waals surface area contributed by atoms with Crippen molar-refractivity contribution in [2.75, 3.05) is 5.32 Å². The van der Waals surface area contributed by atoms with E-state index in [4.69, 9.17) is 0 Å². The number of nitrogens with zero attached hydrogens (tertiary/aromatic N) is 1. The number of carboxylic acid groups (broad SMARTS) is 1. The third-order valence-electron chi connectivity index (χ3n) is 4.78. The second-order valence-electron chi connectivity index (χ2n) is 7.37. The number of amides is 2. The standard InChI is InChI=1S/C24H27N3O5/c1-5-7-17(15(2)3)12-16-8-6-9-18(13-16)19(14-21(29)30)25-24(32)26-22-20(28)10-11-27(4)23(22)31/h5-11,13,19,28H,1-2,12,14H2,3-4H3,(H,29,30)(H2,25,26,32)/b17-7-/t19-/m1/s1. The Labute approximate surface area is 186 Å². The summed E-state index contributed by atoms with van der Waals surface area (Å²) in [5.74, 6) is -1.49. The molecule has 4 N–H and O–H groups in total. The van der Waals surface area contributed by atoms with E-state index in [0.717, 1.165) is 16.7 Å². The van der Waals surface area contributed by atoms with Gasteiger partial charge in [-0.25, -0.2) is 4.79 Å². The smallest absolute Gasteiger partial charge is 0.319 e. The molecule has 1 aromatic carbocycles. The number of aliphatic carboxylic acids is 1. The lowest BCUT2D eigenvalue weighted by atomic mass is 9.95. The van der Waals surface area contributed by atoms with E-state index in [1.807, 2.05) is 25.1 Å². The van der Waals surface area contributed by atoms with Crippen molar-refractivity contribution in [2.45, 2.75) is 25.8 Å². The van der Waals surface area contributed by atoms with Gasteiger partial charge in [-0.05, 0) is 36.1 Å². The van der Waals surface area contributed by atoms with E-state index >= 15 is 0 Å². The zero-order chi connectivity index (χ0) is 23.8. The molecule has 0 spiro atoms. The van der Waals surface area contributed by atoms with E-state index < -0.39 is 23.6 Å². The summed E-state index contributed by atoms with van der Waals surface area (Å²) < 4.78 is 1.20. The Morgan fingerprint density at radius 1 is 1.28 bits per heavy atom. The molecule has 32 heavy (non-hydrogen) atoms. The van der Waals surface area contributed by atoms with Crippen LogP contribution in [0.1, 0.15) is 30.5 Å². The van der Waals surface area contributed by atoms with Crippen molar-refractivity contribution in [3.8, 4) is 5.75 Å². The van der Waals surface area contributed by atoms with Crippen LogP contribution >= 0.6 is 0 Å². The van der Waals surface area contributed by atoms with Crippen molar-refractivity contribution in [1.82, 2.24) is 9.88 Å². The minimum atomic E-state index is -1.10. The fraction of sp³-hybridized carbons (Fsp3) is 0.208. The van der Waals surface area contributed by atoms with Gasteiger partial charge in [0, 0.05) is 13.2 Å². The van der Waals surface area contributed by atoms with E-state index in [0.29, 0.717) is 12.0 Å². The van der Waals surface area contributed by atoms with Crippen LogP contribution in [0.25, 0.3) is 0 Å². The molecule has 0 aliphatic carbocycles. The highest BCUT2D eigenvalue weighted by molar-refractivity contribution is 5.91. The molecule has 0 saturated heterocycles. The Hall–Kier alpha value is -4.07. The molecule has 0 aliphatic rings. The van der Waals surface area contributed by atoms with Gasteiger partial charge in [0.1, 0.15) is 5.75 Å². The van der Waals surface area contributed by atoms with E-state index in [1.165, 1.54) is 23.9 Å². The van der Waals surface area contributed by atoms with Crippen LogP contribution in [0.4, 0.5) is 10.5 Å². The first-order valence-electron chi connectivity index (χ1n) is 9.86. The molecular weight excluding hydrogens is 410 g/mol. The maximum absolute atomic E-state index is 12.5. The van der Waals surface area contributed by atoms with Crippen LogP contribution in [0.5, 0.6) is 5.75 Å². The molecule has 2 rings (SSSR count). The zero-order valence-electron chi connectivity index (χ0n) is 18.1. The first-order valence-corrected chi connectivity index (χ1v) is 9.86. The second-order valence-corrected chi connectivity index (χ2v) is 7.37. The predicted molar refractivity (Wildman–Crippen MR) is 124 cm³/mol. The van der Waals surface area contributed by atoms with Gasteiger partial charge < -0.3 is 25.4 Å². The number of carbonyl (C=O) groups is 2. The van der Waals surface area contributed by atoms with E-state index in [-0.39, 0.29) is 17.9 Å². The number of benzene rings is 1. The molecule has 1 atom stereocenters. The number of carbonyl (C=O) groups excluding carboxylic acids is 1. The summed E-state index contributed by atoms with van der Waals surface area (Å²) in [5, 5.41) is 24.1. The quantitative estimate of drug-likeness (QED) is 0.446. The number of rotatable bonds is 9. The molecule has 0 unspecified atom stereocenters. The summed E-state index contributed by atoms with van der Waals surface area (Å²) in [7, 11) is 1.48. The number of pyridine rings is 1. The summed E-state index contributed by atoms with van der Waals surface area (Å²) in [6, 6.07) is 6.80. The van der Waals surface area contributed by atoms with Gasteiger partial charge in [0.05, 0.1) is 12.5 Å². The SMILES string of the molecule is C=C/C=C(/Cc1cccc([C@@H](CC(=O)O)NC(=O)Nc2c(O)ccn(C)c2=O)c1)C(=C)C. The highest BCUT2D eigenvalue weighted by atomic mass is 16.4. The van der Waals surface area contributed by atoms with Gasteiger partial charge in [-0.1, -0.05) is 55.1 Å². The molecule has 2 aromatic rings. The summed E-state index contributed by atoms with van der Waals surface area (Å²) in [6.45, 7) is 9.56. The zero-order valence-corrected chi connectivity index (χ0v) is 18.1. The van der Waals surface area contributed by atoms with Crippen LogP contribution in [-0.2, 0) is 18.3 Å². The largest absolute Gasteiger partial charge is 0.505 e. The first-order chi connectivity index (χ1) is 15.1. The Bertz CT molecular complexity index is 1130. The minimum absolute atomic E-state index is 0.295. The lowest BCUT2D eigenvalue weighted by Gasteiger charge is -2.19. The van der Waals surface area contributed by atoms with Gasteiger partial charge in [0.2, 0.25) is 0 Å². The number of nitrogens with one attached hydrogen (secondary N) is 2. The maximum Gasteiger partial charge on any atom is 0.319 e. The van der Waals surface area contributed by atoms with Crippen molar-refractivity contribution in [1.29, 1.82) is 0 Å². The van der Waals surface area contributed by atoms with E-state index in [2.05, 4.69) is 23.8 Å². The molecule has 0 aliphatic heterocycles. The molecule has 168 valence electrons. The monoisotopic (exact) mass is 437 g/mol. The number of allylic oxidation sites excluding steroid dienone is 4. The number of aromatic hydroxyl groups is 1. The molecule has 1 heterocycles. The van der Waals surface area contributed by atoms with Crippen molar-refractivity contribution in [3.05, 3.63) is 94.5 Å². The molecule has 0 bridgehead atoms. The fourth-order valence-electron chi connectivity index (χ4n) is 3.11. The van der Waals surface area contributed by atoms with Crippen molar-refractivity contribution < 1.29 is 19.8 Å². The number of hydrogen-bond donors (Lipinski definition) is 4. The van der Waals surface area contributed by atoms with Gasteiger partial charge in [-0.15, -0.1) is 0 Å². The topological polar surface area (TPSA) is 121 Å². The van der Waals surface area contributed by atoms with Gasteiger partial charge in [0.15, 0.2) is 5.69 Å². The first kappa shape index (κ1) is 24.2. The highest BCUT2D eigenvalue weighted by Crippen LogP contribution is 2.22. The normalized spacial score (nSPS) is 12.0. The molecule has 0 fully saturated rings. The average Bonchev–Trinajstić information content (AvgIpc) is 2.73. The van der Waals surface area contributed by atoms with E-state index in [9.17, 15) is 24.6 Å². The van der Waals surface area contributed by atoms with Gasteiger partial charge in [-0.3, -0.25) is 9.59 Å². The molecule has 0 saturated carbocycles. The lowest BCUT2D eigenvalue weighted by molar-refractivity contribution is -0.137. The van der Waals surface area contributed by atoms with Gasteiger partial charge in [-0.2, -0.15) is 0 Å². The summed E-state index contributed by atoms with van der Waals surface area (Å²) >= 11 is 0. The van der Waals surface area contributed by atoms with Crippen LogP contribution in [0.2, 0.25) is 0 Å². The van der Waals surface area contributed by atoms with Crippen LogP contribution in [0, 0.1) is 0 Å². The summed E-state index contributed by atoms with van der Waals surface area (Å²) in [4.78, 5) is 36.1. The number of anilines is 1. The number of carboxylic acids is 1. The molecule has 8 heteroatoms. The van der Waals surface area contributed by atoms with Crippen LogP contribution < -0.4 is 16.2 Å². The van der Waals surface area contributed by atoms with Crippen LogP contribution in [-0.4, -0.2) is 26.8 Å². The molecule has 2 amide bonds. The maximum atomic E-state index is 12.5. The summed E-state index contributed by atoms with van der Waals surface area (Å²) in [6.07, 6.45) is 5.10. The fourth-order valence-corrected chi connectivity index (χ4v) is 3.11. The van der Waals surface area contributed by atoms with Gasteiger partial charge in [0.25, 0.3) is 5.56 Å². The third-order valence-corrected chi connectivity index (χ3v) is 4.78. The lowest BCUT2D eigenvalue weighted by Crippen LogP contribution is -2.36. The average molecular weight is 437 g/mol. The Balaban J connectivity index is 2.28. The second kappa shape index (κ2) is 10.8. The van der Waals surface area contributed by atoms with Crippen molar-refractivity contribution >= 4 is 17.7 Å². The Morgan fingerprint density at radius 3 is 2.62 bits per heavy atom. The van der Waals surface area contributed by atoms with Crippen LogP contribution in [0.15, 0.2) is 77.8 Å². The Morgan fingerprint density at radius 2 is 2.00 bits per heavy atom. The van der Waals surface area contributed by atoms with Crippen LogP contribution in [0.3, 0.4) is 0 Å². The highest BCUT2D eigenvalue weighted by Gasteiger charge is 2.20. The number of urea groups is 1. The van der Waals surface area contributed by atoms with Gasteiger partial charge >= 0.3 is 12.0 Å². The predicted octanol–water partition coefficient (Wildman–Crippen LogP) is 3.66. The van der Waals surface area contributed by atoms with E-state index in [1.54, 1.807) is 18.2 Å². The summed E-state index contributed by atoms with van der Waals surface area (Å²) in [5.41, 5.74) is 2.47. The number of aromatic nitrogens is 1. The molecule has 0 radical (unpaired) electrons. The molecule has 8 nitrogen and oxygen atoms in total. The van der Waals surface area contributed by atoms with Crippen molar-refractivity contribution in [3.63, 3.8) is 0 Å². The van der Waals surface area contributed by atoms with Crippen molar-refractivity contribution in [2.24, 2.45) is 7.05 Å².